The quantitative estimate of drug-likeness (QED) is 0.825. The Bertz CT molecular complexity index is 740. The lowest BCUT2D eigenvalue weighted by Gasteiger charge is -2.11. The molecule has 0 saturated carbocycles. The molecule has 126 valence electrons. The molecule has 0 aliphatic heterocycles. The van der Waals surface area contributed by atoms with Gasteiger partial charge in [-0.3, -0.25) is 4.79 Å². The Labute approximate surface area is 141 Å². The predicted octanol–water partition coefficient (Wildman–Crippen LogP) is 3.50. The lowest BCUT2D eigenvalue weighted by molar-refractivity contribution is -0.116. The predicted molar refractivity (Wildman–Crippen MR) is 92.4 cm³/mol. The number of methoxy groups -OCH3 is 1. The maximum absolute atomic E-state index is 12.1. The largest absolute Gasteiger partial charge is 0.493 e. The topological polar surface area (TPSA) is 64.6 Å². The van der Waals surface area contributed by atoms with Gasteiger partial charge in [0.15, 0.2) is 0 Å². The molecule has 1 amide bonds. The minimum absolute atomic E-state index is 0.173. The van der Waals surface area contributed by atoms with Crippen molar-refractivity contribution in [3.63, 3.8) is 0 Å². The molecule has 5 nitrogen and oxygen atoms in total. The molecule has 0 heterocycles. The van der Waals surface area contributed by atoms with Gasteiger partial charge < -0.3 is 14.8 Å². The van der Waals surface area contributed by atoms with Crippen molar-refractivity contribution < 1.29 is 19.1 Å². The SMILES string of the molecule is COC(=O)c1ccc(C)c(NC(=O)CCOc2cccc(C)c2)c1. The molecular weight excluding hydrogens is 306 g/mol. The van der Waals surface area contributed by atoms with Gasteiger partial charge in [-0.25, -0.2) is 4.79 Å². The number of nitrogens with one attached hydrogen (secondary N) is 1. The minimum Gasteiger partial charge on any atom is -0.493 e. The molecule has 0 bridgehead atoms. The second kappa shape index (κ2) is 8.15. The Morgan fingerprint density at radius 2 is 1.88 bits per heavy atom. The maximum Gasteiger partial charge on any atom is 0.337 e. The van der Waals surface area contributed by atoms with Gasteiger partial charge in [-0.05, 0) is 49.2 Å². The number of carbonyl (C=O) groups excluding carboxylic acids is 2. The van der Waals surface area contributed by atoms with Crippen molar-refractivity contribution >= 4 is 17.6 Å². The van der Waals surface area contributed by atoms with E-state index in [2.05, 4.69) is 10.1 Å². The zero-order chi connectivity index (χ0) is 17.5. The van der Waals surface area contributed by atoms with Crippen LogP contribution in [0.5, 0.6) is 5.75 Å². The molecule has 0 unspecified atom stereocenters. The molecule has 0 aromatic heterocycles. The number of anilines is 1. The van der Waals surface area contributed by atoms with Gasteiger partial charge in [-0.1, -0.05) is 18.2 Å². The van der Waals surface area contributed by atoms with Gasteiger partial charge in [-0.15, -0.1) is 0 Å². The van der Waals surface area contributed by atoms with Crippen molar-refractivity contribution in [1.29, 1.82) is 0 Å². The summed E-state index contributed by atoms with van der Waals surface area (Å²) in [6.45, 7) is 4.13. The molecule has 2 aromatic rings. The van der Waals surface area contributed by atoms with Crippen LogP contribution < -0.4 is 10.1 Å². The average molecular weight is 327 g/mol. The number of carbonyl (C=O) groups is 2. The maximum atomic E-state index is 12.1. The van der Waals surface area contributed by atoms with Crippen molar-refractivity contribution in [2.45, 2.75) is 20.3 Å². The third-order valence-corrected chi connectivity index (χ3v) is 3.52. The lowest BCUT2D eigenvalue weighted by Crippen LogP contribution is -2.16. The van der Waals surface area contributed by atoms with E-state index in [9.17, 15) is 9.59 Å². The second-order valence-electron chi connectivity index (χ2n) is 5.48. The zero-order valence-corrected chi connectivity index (χ0v) is 14.1. The van der Waals surface area contributed by atoms with E-state index in [1.165, 1.54) is 7.11 Å². The highest BCUT2D eigenvalue weighted by atomic mass is 16.5. The fraction of sp³-hybridized carbons (Fsp3) is 0.263. The van der Waals surface area contributed by atoms with Gasteiger partial charge >= 0.3 is 5.97 Å². The summed E-state index contributed by atoms with van der Waals surface area (Å²) in [7, 11) is 1.32. The van der Waals surface area contributed by atoms with Gasteiger partial charge in [0.05, 0.1) is 25.7 Å². The summed E-state index contributed by atoms with van der Waals surface area (Å²) in [5.41, 5.74) is 2.97. The van der Waals surface area contributed by atoms with Gasteiger partial charge in [0.25, 0.3) is 0 Å². The number of benzene rings is 2. The molecule has 0 radical (unpaired) electrons. The lowest BCUT2D eigenvalue weighted by atomic mass is 10.1. The number of aryl methyl sites for hydroxylation is 2. The van der Waals surface area contributed by atoms with Crippen LogP contribution in [-0.2, 0) is 9.53 Å². The molecule has 0 aliphatic rings. The average Bonchev–Trinajstić information content (AvgIpc) is 2.56. The Morgan fingerprint density at radius 3 is 2.58 bits per heavy atom. The Morgan fingerprint density at radius 1 is 1.08 bits per heavy atom. The minimum atomic E-state index is -0.437. The Balaban J connectivity index is 1.91. The third-order valence-electron chi connectivity index (χ3n) is 3.52. The fourth-order valence-corrected chi connectivity index (χ4v) is 2.18. The molecule has 24 heavy (non-hydrogen) atoms. The first kappa shape index (κ1) is 17.5. The van der Waals surface area contributed by atoms with Crippen LogP contribution >= 0.6 is 0 Å². The van der Waals surface area contributed by atoms with E-state index in [1.807, 2.05) is 38.1 Å². The zero-order valence-electron chi connectivity index (χ0n) is 14.1. The van der Waals surface area contributed by atoms with Crippen molar-refractivity contribution in [1.82, 2.24) is 0 Å². The smallest absolute Gasteiger partial charge is 0.337 e. The summed E-state index contributed by atoms with van der Waals surface area (Å²) in [4.78, 5) is 23.6. The van der Waals surface area contributed by atoms with Crippen LogP contribution in [0.2, 0.25) is 0 Å². The van der Waals surface area contributed by atoms with Gasteiger partial charge in [0.2, 0.25) is 5.91 Å². The molecule has 0 fully saturated rings. The van der Waals surface area contributed by atoms with Crippen molar-refractivity contribution in [3.8, 4) is 5.75 Å². The van der Waals surface area contributed by atoms with Crippen LogP contribution in [-0.4, -0.2) is 25.6 Å². The standard InChI is InChI=1S/C19H21NO4/c1-13-5-4-6-16(11-13)24-10-9-18(21)20-17-12-15(19(22)23-3)8-7-14(17)2/h4-8,11-12H,9-10H2,1-3H3,(H,20,21). The summed E-state index contributed by atoms with van der Waals surface area (Å²) in [6.07, 6.45) is 0.218. The Hall–Kier alpha value is -2.82. The van der Waals surface area contributed by atoms with Crippen LogP contribution in [0.4, 0.5) is 5.69 Å². The number of hydrogen-bond donors (Lipinski definition) is 1. The van der Waals surface area contributed by atoms with E-state index in [0.29, 0.717) is 11.3 Å². The van der Waals surface area contributed by atoms with E-state index < -0.39 is 5.97 Å². The van der Waals surface area contributed by atoms with Crippen LogP contribution in [0, 0.1) is 13.8 Å². The number of ether oxygens (including phenoxy) is 2. The number of hydrogen-bond acceptors (Lipinski definition) is 4. The van der Waals surface area contributed by atoms with Gasteiger partial charge in [-0.2, -0.15) is 0 Å². The monoisotopic (exact) mass is 327 g/mol. The second-order valence-corrected chi connectivity index (χ2v) is 5.48. The molecule has 0 aliphatic carbocycles. The first-order valence-electron chi connectivity index (χ1n) is 7.68. The van der Waals surface area contributed by atoms with Gasteiger partial charge in [0.1, 0.15) is 5.75 Å². The van der Waals surface area contributed by atoms with Crippen LogP contribution in [0.15, 0.2) is 42.5 Å². The van der Waals surface area contributed by atoms with Crippen LogP contribution in [0.25, 0.3) is 0 Å². The Kier molecular flexibility index (Phi) is 5.95. The summed E-state index contributed by atoms with van der Waals surface area (Å²) in [5.74, 6) is 0.132. The molecule has 2 rings (SSSR count). The number of rotatable bonds is 6. The fourth-order valence-electron chi connectivity index (χ4n) is 2.18. The van der Waals surface area contributed by atoms with E-state index in [-0.39, 0.29) is 18.9 Å². The van der Waals surface area contributed by atoms with Crippen LogP contribution in [0.3, 0.4) is 0 Å². The molecule has 0 saturated heterocycles. The first-order chi connectivity index (χ1) is 11.5. The van der Waals surface area contributed by atoms with Crippen molar-refractivity contribution in [3.05, 3.63) is 59.2 Å². The first-order valence-corrected chi connectivity index (χ1v) is 7.68. The number of esters is 1. The molecule has 0 atom stereocenters. The van der Waals surface area contributed by atoms with E-state index in [4.69, 9.17) is 4.74 Å². The normalized spacial score (nSPS) is 10.1. The summed E-state index contributed by atoms with van der Waals surface area (Å²) in [6, 6.07) is 12.7. The molecule has 2 aromatic carbocycles. The highest BCUT2D eigenvalue weighted by molar-refractivity contribution is 5.95. The van der Waals surface area contributed by atoms with Gasteiger partial charge in [0, 0.05) is 5.69 Å². The summed E-state index contributed by atoms with van der Waals surface area (Å²) in [5, 5.41) is 2.80. The molecule has 1 N–H and O–H groups in total. The molecular formula is C19H21NO4. The summed E-state index contributed by atoms with van der Waals surface area (Å²) >= 11 is 0. The van der Waals surface area contributed by atoms with Crippen LogP contribution in [0.1, 0.15) is 27.9 Å². The highest BCUT2D eigenvalue weighted by Crippen LogP contribution is 2.18. The van der Waals surface area contributed by atoms with Crippen molar-refractivity contribution in [2.75, 3.05) is 19.0 Å². The highest BCUT2D eigenvalue weighted by Gasteiger charge is 2.10. The van der Waals surface area contributed by atoms with Crippen molar-refractivity contribution in [2.24, 2.45) is 0 Å². The van der Waals surface area contributed by atoms with E-state index in [1.54, 1.807) is 18.2 Å². The van der Waals surface area contributed by atoms with E-state index in [0.717, 1.165) is 16.9 Å². The molecule has 5 heteroatoms. The third kappa shape index (κ3) is 4.84. The number of amides is 1. The molecule has 0 spiro atoms. The summed E-state index contributed by atoms with van der Waals surface area (Å²) < 4.78 is 10.3. The van der Waals surface area contributed by atoms with E-state index >= 15 is 0 Å².